The maximum atomic E-state index is 12.1. The van der Waals surface area contributed by atoms with E-state index < -0.39 is 14.8 Å². The van der Waals surface area contributed by atoms with Crippen molar-refractivity contribution < 1.29 is 13.5 Å². The monoisotopic (exact) mass is 295 g/mol. The lowest BCUT2D eigenvalue weighted by atomic mass is 10.1. The van der Waals surface area contributed by atoms with Crippen molar-refractivity contribution in [1.82, 2.24) is 4.72 Å². The zero-order valence-corrected chi connectivity index (χ0v) is 13.1. The van der Waals surface area contributed by atoms with Crippen LogP contribution in [0.2, 0.25) is 0 Å². The molecule has 1 unspecified atom stereocenters. The average Bonchev–Trinajstić information content (AvgIpc) is 2.35. The Morgan fingerprint density at radius 1 is 1.25 bits per heavy atom. The molecule has 2 N–H and O–H groups in total. The lowest BCUT2D eigenvalue weighted by Crippen LogP contribution is -2.40. The molecule has 1 aromatic rings. The molecule has 1 atom stereocenters. The molecule has 0 saturated heterocycles. The van der Waals surface area contributed by atoms with Gasteiger partial charge in [-0.05, 0) is 45.4 Å². The number of aliphatic hydroxyl groups is 1. The second-order valence-corrected chi connectivity index (χ2v) is 8.00. The van der Waals surface area contributed by atoms with E-state index in [4.69, 9.17) is 5.11 Å². The molecule has 0 bridgehead atoms. The number of benzene rings is 1. The molecule has 0 fully saturated rings. The van der Waals surface area contributed by atoms with Gasteiger partial charge in [-0.3, -0.25) is 0 Å². The first-order valence-electron chi connectivity index (χ1n) is 6.39. The summed E-state index contributed by atoms with van der Waals surface area (Å²) in [4.78, 5) is 0. The van der Waals surface area contributed by atoms with Crippen LogP contribution in [0.3, 0.4) is 0 Å². The summed E-state index contributed by atoms with van der Waals surface area (Å²) in [6, 6.07) is 6.97. The minimum atomic E-state index is -3.38. The second-order valence-electron chi connectivity index (χ2n) is 5.54. The molecule has 0 aliphatic heterocycles. The molecule has 0 radical (unpaired) electrons. The first-order valence-corrected chi connectivity index (χ1v) is 7.87. The van der Waals surface area contributed by atoms with Gasteiger partial charge in [-0.2, -0.15) is 0 Å². The van der Waals surface area contributed by atoms with Crippen LogP contribution in [-0.4, -0.2) is 24.9 Å². The highest BCUT2D eigenvalue weighted by molar-refractivity contribution is 7.90. The Morgan fingerprint density at radius 2 is 1.80 bits per heavy atom. The van der Waals surface area contributed by atoms with Gasteiger partial charge in [0.15, 0.2) is 0 Å². The van der Waals surface area contributed by atoms with Crippen molar-refractivity contribution in [3.8, 4) is 11.8 Å². The minimum absolute atomic E-state index is 0.177. The van der Waals surface area contributed by atoms with Crippen LogP contribution in [-0.2, 0) is 10.0 Å². The average molecular weight is 295 g/mol. The van der Waals surface area contributed by atoms with E-state index in [0.29, 0.717) is 0 Å². The molecule has 0 spiro atoms. The van der Waals surface area contributed by atoms with Crippen molar-refractivity contribution in [3.63, 3.8) is 0 Å². The Labute approximate surface area is 121 Å². The third-order valence-corrected chi connectivity index (χ3v) is 5.14. The molecule has 0 aromatic heterocycles. The van der Waals surface area contributed by atoms with Crippen LogP contribution in [0.25, 0.3) is 0 Å². The van der Waals surface area contributed by atoms with Gasteiger partial charge in [0, 0.05) is 11.6 Å². The van der Waals surface area contributed by atoms with Crippen molar-refractivity contribution in [2.24, 2.45) is 0 Å². The third kappa shape index (κ3) is 4.34. The smallest absolute Gasteiger partial charge is 0.217 e. The number of rotatable bonds is 3. The Morgan fingerprint density at radius 3 is 2.25 bits per heavy atom. The Bertz CT molecular complexity index is 601. The second kappa shape index (κ2) is 6.40. The summed E-state index contributed by atoms with van der Waals surface area (Å²) < 4.78 is 26.0. The quantitative estimate of drug-likeness (QED) is 0.836. The molecular weight excluding hydrogens is 274 g/mol. The Kier molecular flexibility index (Phi) is 5.35. The van der Waals surface area contributed by atoms with E-state index in [1.54, 1.807) is 39.8 Å². The molecule has 1 rings (SSSR count). The van der Waals surface area contributed by atoms with Gasteiger partial charge in [0.1, 0.15) is 6.61 Å². The van der Waals surface area contributed by atoms with E-state index in [2.05, 4.69) is 16.6 Å². The first kappa shape index (κ1) is 16.7. The number of nitrogens with one attached hydrogen (secondary N) is 1. The summed E-state index contributed by atoms with van der Waals surface area (Å²) in [5, 5.41) is 8.62. The number of aliphatic hydroxyl groups excluding tert-OH is 1. The molecule has 0 aliphatic carbocycles. The fraction of sp³-hybridized carbons (Fsp3) is 0.467. The van der Waals surface area contributed by atoms with Crippen molar-refractivity contribution >= 4 is 10.0 Å². The van der Waals surface area contributed by atoms with Crippen LogP contribution in [0, 0.1) is 11.8 Å². The maximum absolute atomic E-state index is 12.1. The van der Waals surface area contributed by atoms with E-state index >= 15 is 0 Å². The predicted octanol–water partition coefficient (Wildman–Crippen LogP) is 1.81. The molecular formula is C15H21NO3S. The van der Waals surface area contributed by atoms with E-state index in [1.165, 1.54) is 0 Å². The lowest BCUT2D eigenvalue weighted by molar-refractivity contribution is 0.350. The van der Waals surface area contributed by atoms with Crippen molar-refractivity contribution in [1.29, 1.82) is 0 Å². The van der Waals surface area contributed by atoms with Gasteiger partial charge < -0.3 is 5.11 Å². The Hall–Kier alpha value is -1.35. The topological polar surface area (TPSA) is 66.4 Å². The standard InChI is InChI=1S/C15H21NO3S/c1-12(16-20(18,19)15(2,3)4)14-9-7-13(8-10-14)6-5-11-17/h7-10,12,16-17H,11H2,1-4H3. The third-order valence-electron chi connectivity index (χ3n) is 2.86. The summed E-state index contributed by atoms with van der Waals surface area (Å²) >= 11 is 0. The molecule has 110 valence electrons. The van der Waals surface area contributed by atoms with Crippen molar-refractivity contribution in [2.75, 3.05) is 6.61 Å². The molecule has 1 aromatic carbocycles. The zero-order valence-electron chi connectivity index (χ0n) is 12.3. The van der Waals surface area contributed by atoms with Gasteiger partial charge in [0.05, 0.1) is 4.75 Å². The molecule has 0 amide bonds. The summed E-state index contributed by atoms with van der Waals surface area (Å²) in [7, 11) is -3.38. The minimum Gasteiger partial charge on any atom is -0.384 e. The highest BCUT2D eigenvalue weighted by atomic mass is 32.2. The molecule has 0 saturated carbocycles. The van der Waals surface area contributed by atoms with Crippen molar-refractivity contribution in [3.05, 3.63) is 35.4 Å². The van der Waals surface area contributed by atoms with Crippen LogP contribution < -0.4 is 4.72 Å². The van der Waals surface area contributed by atoms with Crippen molar-refractivity contribution in [2.45, 2.75) is 38.5 Å². The van der Waals surface area contributed by atoms with Crippen LogP contribution in [0.4, 0.5) is 0 Å². The summed E-state index contributed by atoms with van der Waals surface area (Å²) in [5.74, 6) is 5.36. The van der Waals surface area contributed by atoms with Gasteiger partial charge in [-0.15, -0.1) is 0 Å². The molecule has 20 heavy (non-hydrogen) atoms. The number of sulfonamides is 1. The van der Waals surface area contributed by atoms with E-state index in [-0.39, 0.29) is 12.6 Å². The Balaban J connectivity index is 2.86. The highest BCUT2D eigenvalue weighted by Gasteiger charge is 2.30. The molecule has 5 heteroatoms. The lowest BCUT2D eigenvalue weighted by Gasteiger charge is -2.23. The predicted molar refractivity (Wildman–Crippen MR) is 80.6 cm³/mol. The number of hydrogen-bond acceptors (Lipinski definition) is 3. The highest BCUT2D eigenvalue weighted by Crippen LogP contribution is 2.19. The summed E-state index contributed by atoms with van der Waals surface area (Å²) in [5.41, 5.74) is 1.65. The van der Waals surface area contributed by atoms with E-state index in [1.807, 2.05) is 12.1 Å². The van der Waals surface area contributed by atoms with Crippen LogP contribution in [0.15, 0.2) is 24.3 Å². The maximum Gasteiger partial charge on any atom is 0.217 e. The fourth-order valence-electron chi connectivity index (χ4n) is 1.47. The van der Waals surface area contributed by atoms with Gasteiger partial charge in [0.2, 0.25) is 10.0 Å². The number of hydrogen-bond donors (Lipinski definition) is 2. The normalized spacial score (nSPS) is 13.4. The van der Waals surface area contributed by atoms with E-state index in [9.17, 15) is 8.42 Å². The van der Waals surface area contributed by atoms with Gasteiger partial charge in [-0.1, -0.05) is 24.0 Å². The van der Waals surface area contributed by atoms with Crippen LogP contribution in [0.1, 0.15) is 44.9 Å². The molecule has 4 nitrogen and oxygen atoms in total. The van der Waals surface area contributed by atoms with Crippen LogP contribution in [0.5, 0.6) is 0 Å². The van der Waals surface area contributed by atoms with Crippen LogP contribution >= 0.6 is 0 Å². The fourth-order valence-corrected chi connectivity index (χ4v) is 2.43. The van der Waals surface area contributed by atoms with E-state index in [0.717, 1.165) is 11.1 Å². The first-order chi connectivity index (χ1) is 9.17. The largest absolute Gasteiger partial charge is 0.384 e. The van der Waals surface area contributed by atoms with Gasteiger partial charge >= 0.3 is 0 Å². The summed E-state index contributed by atoms with van der Waals surface area (Å²) in [6.07, 6.45) is 0. The van der Waals surface area contributed by atoms with Gasteiger partial charge in [0.25, 0.3) is 0 Å². The zero-order chi connectivity index (χ0) is 15.4. The van der Waals surface area contributed by atoms with Gasteiger partial charge in [-0.25, -0.2) is 13.1 Å². The SMILES string of the molecule is CC(NS(=O)(=O)C(C)(C)C)c1ccc(C#CCO)cc1. The summed E-state index contributed by atoms with van der Waals surface area (Å²) in [6.45, 7) is 6.61. The molecule has 0 aliphatic rings. The molecule has 0 heterocycles.